The molecule has 2 fully saturated rings. The minimum absolute atomic E-state index is 0.0884. The smallest absolute Gasteiger partial charge is 0.407 e. The minimum atomic E-state index is -1.18. The third-order valence-corrected chi connectivity index (χ3v) is 5.91. The molecule has 2 rings (SSSR count). The number of amides is 2. The Kier molecular flexibility index (Phi) is 13.7. The monoisotopic (exact) mass is 590 g/mol. The number of unbranched alkanes of at least 4 members (excludes halogenated alkanes) is 2. The van der Waals surface area contributed by atoms with Gasteiger partial charge in [-0.05, 0) is 33.1 Å². The summed E-state index contributed by atoms with van der Waals surface area (Å²) in [5.74, 6) is -3.12. The van der Waals surface area contributed by atoms with Gasteiger partial charge in [-0.3, -0.25) is 19.2 Å². The minimum Gasteiger partial charge on any atom is -0.463 e. The van der Waals surface area contributed by atoms with Gasteiger partial charge in [-0.1, -0.05) is 0 Å². The maximum Gasteiger partial charge on any atom is 0.407 e. The number of carbonyl (C=O) groups excluding carboxylic acids is 5. The highest BCUT2D eigenvalue weighted by Crippen LogP contribution is 2.28. The van der Waals surface area contributed by atoms with Crippen molar-refractivity contribution < 1.29 is 61.9 Å². The molecule has 0 radical (unpaired) electrons. The van der Waals surface area contributed by atoms with Crippen molar-refractivity contribution >= 4 is 29.9 Å². The zero-order chi connectivity index (χ0) is 30.6. The van der Waals surface area contributed by atoms with Crippen LogP contribution in [0.4, 0.5) is 4.79 Å². The summed E-state index contributed by atoms with van der Waals surface area (Å²) in [6.45, 7) is 9.08. The lowest BCUT2D eigenvalue weighted by molar-refractivity contribution is -0.277. The van der Waals surface area contributed by atoms with Crippen molar-refractivity contribution in [1.29, 1.82) is 0 Å². The first-order valence-electron chi connectivity index (χ1n) is 13.5. The first-order chi connectivity index (χ1) is 19.3. The Labute approximate surface area is 239 Å². The molecule has 2 aliphatic rings. The first-order valence-corrected chi connectivity index (χ1v) is 13.5. The highest BCUT2D eigenvalue weighted by Gasteiger charge is 2.51. The highest BCUT2D eigenvalue weighted by atomic mass is 16.8. The number of hydrogen-bond donors (Lipinski definition) is 2. The second-order valence-corrected chi connectivity index (χ2v) is 10.1. The molecule has 0 aliphatic carbocycles. The van der Waals surface area contributed by atoms with Crippen molar-refractivity contribution in [3.05, 3.63) is 0 Å². The lowest BCUT2D eigenvalue weighted by Gasteiger charge is -2.44. The largest absolute Gasteiger partial charge is 0.463 e. The molecular weight excluding hydrogens is 548 g/mol. The molecule has 0 spiro atoms. The van der Waals surface area contributed by atoms with E-state index in [0.717, 1.165) is 6.92 Å². The van der Waals surface area contributed by atoms with Crippen LogP contribution in [0.1, 0.15) is 60.8 Å². The molecule has 2 heterocycles. The fourth-order valence-corrected chi connectivity index (χ4v) is 4.29. The molecule has 2 unspecified atom stereocenters. The van der Waals surface area contributed by atoms with E-state index in [2.05, 4.69) is 10.6 Å². The van der Waals surface area contributed by atoms with Gasteiger partial charge < -0.3 is 48.5 Å². The zero-order valence-electron chi connectivity index (χ0n) is 24.4. The first kappa shape index (κ1) is 34.2. The average molecular weight is 591 g/mol. The van der Waals surface area contributed by atoms with Gasteiger partial charge in [0.15, 0.2) is 24.3 Å². The lowest BCUT2D eigenvalue weighted by Crippen LogP contribution is -2.66. The molecule has 41 heavy (non-hydrogen) atoms. The number of esters is 3. The van der Waals surface area contributed by atoms with E-state index in [9.17, 15) is 24.0 Å². The van der Waals surface area contributed by atoms with Crippen LogP contribution < -0.4 is 10.6 Å². The fraction of sp³-hybridized carbons (Fsp3) is 0.808. The molecule has 2 N–H and O–H groups in total. The molecule has 234 valence electrons. The topological polar surface area (TPSA) is 183 Å². The van der Waals surface area contributed by atoms with E-state index in [1.54, 1.807) is 13.8 Å². The predicted molar refractivity (Wildman–Crippen MR) is 138 cm³/mol. The summed E-state index contributed by atoms with van der Waals surface area (Å²) in [6.07, 6.45) is -3.51. The Bertz CT molecular complexity index is 912. The van der Waals surface area contributed by atoms with Gasteiger partial charge in [-0.25, -0.2) is 4.79 Å². The Morgan fingerprint density at radius 2 is 1.54 bits per heavy atom. The molecule has 6 atom stereocenters. The van der Waals surface area contributed by atoms with Gasteiger partial charge in [0, 0.05) is 40.8 Å². The SMILES string of the molecule is CC(=O)N[C@H]1C(OCCCCCNC(=O)OC[C@@H]2COC(C)(C)O2)OC(COC(C)=O)[C@H](OC(C)=O)[C@@H]1OC(C)=O. The Balaban J connectivity index is 1.87. The number of hydrogen-bond acceptors (Lipinski definition) is 13. The van der Waals surface area contributed by atoms with E-state index in [1.807, 2.05) is 0 Å². The molecule has 0 aromatic rings. The Morgan fingerprint density at radius 3 is 2.12 bits per heavy atom. The van der Waals surface area contributed by atoms with Crippen LogP contribution in [0.3, 0.4) is 0 Å². The third-order valence-electron chi connectivity index (χ3n) is 5.91. The maximum atomic E-state index is 12.0. The predicted octanol–water partition coefficient (Wildman–Crippen LogP) is 0.707. The number of alkyl carbamates (subject to hydrolysis) is 1. The summed E-state index contributed by atoms with van der Waals surface area (Å²) < 4.78 is 43.8. The van der Waals surface area contributed by atoms with Crippen LogP contribution in [0.25, 0.3) is 0 Å². The molecule has 0 aromatic carbocycles. The summed E-state index contributed by atoms with van der Waals surface area (Å²) in [5, 5.41) is 5.31. The van der Waals surface area contributed by atoms with E-state index < -0.39 is 66.3 Å². The second kappa shape index (κ2) is 16.4. The van der Waals surface area contributed by atoms with Crippen LogP contribution in [-0.2, 0) is 57.1 Å². The normalized spacial score (nSPS) is 26.9. The van der Waals surface area contributed by atoms with Gasteiger partial charge >= 0.3 is 24.0 Å². The van der Waals surface area contributed by atoms with Gasteiger partial charge in [0.05, 0.1) is 6.61 Å². The van der Waals surface area contributed by atoms with Gasteiger partial charge in [0.2, 0.25) is 5.91 Å². The summed E-state index contributed by atoms with van der Waals surface area (Å²) in [4.78, 5) is 59.0. The van der Waals surface area contributed by atoms with Crippen molar-refractivity contribution in [2.24, 2.45) is 0 Å². The summed E-state index contributed by atoms with van der Waals surface area (Å²) >= 11 is 0. The molecule has 15 nitrogen and oxygen atoms in total. The van der Waals surface area contributed by atoms with Crippen LogP contribution >= 0.6 is 0 Å². The van der Waals surface area contributed by atoms with Gasteiger partial charge in [0.1, 0.15) is 31.5 Å². The van der Waals surface area contributed by atoms with Crippen LogP contribution in [0.2, 0.25) is 0 Å². The van der Waals surface area contributed by atoms with E-state index in [-0.39, 0.29) is 25.9 Å². The highest BCUT2D eigenvalue weighted by molar-refractivity contribution is 5.73. The van der Waals surface area contributed by atoms with Crippen molar-refractivity contribution in [2.45, 2.75) is 103 Å². The molecule has 2 aliphatic heterocycles. The third kappa shape index (κ3) is 12.6. The number of ether oxygens (including phenoxy) is 8. The number of nitrogens with one attached hydrogen (secondary N) is 2. The zero-order valence-corrected chi connectivity index (χ0v) is 24.4. The number of rotatable bonds is 14. The second-order valence-electron chi connectivity index (χ2n) is 10.1. The molecule has 0 saturated carbocycles. The average Bonchev–Trinajstić information content (AvgIpc) is 3.21. The van der Waals surface area contributed by atoms with E-state index in [4.69, 9.17) is 37.9 Å². The molecule has 0 bridgehead atoms. The van der Waals surface area contributed by atoms with Gasteiger partial charge in [0.25, 0.3) is 0 Å². The fourth-order valence-electron chi connectivity index (χ4n) is 4.29. The van der Waals surface area contributed by atoms with Crippen molar-refractivity contribution in [3.8, 4) is 0 Å². The van der Waals surface area contributed by atoms with Crippen molar-refractivity contribution in [1.82, 2.24) is 10.6 Å². The quantitative estimate of drug-likeness (QED) is 0.164. The molecule has 0 aromatic heterocycles. The summed E-state index contributed by atoms with van der Waals surface area (Å²) in [6, 6.07) is -1.02. The van der Waals surface area contributed by atoms with E-state index in [0.29, 0.717) is 32.4 Å². The summed E-state index contributed by atoms with van der Waals surface area (Å²) in [5.41, 5.74) is 0. The number of carbonyl (C=O) groups is 5. The lowest BCUT2D eigenvalue weighted by atomic mass is 9.96. The van der Waals surface area contributed by atoms with Crippen molar-refractivity contribution in [3.63, 3.8) is 0 Å². The van der Waals surface area contributed by atoms with Crippen LogP contribution in [-0.4, -0.2) is 105 Å². The molecular formula is C26H42N2O13. The molecule has 2 saturated heterocycles. The van der Waals surface area contributed by atoms with Gasteiger partial charge in [-0.15, -0.1) is 0 Å². The van der Waals surface area contributed by atoms with Crippen molar-refractivity contribution in [2.75, 3.05) is 33.0 Å². The van der Waals surface area contributed by atoms with E-state index >= 15 is 0 Å². The summed E-state index contributed by atoms with van der Waals surface area (Å²) in [7, 11) is 0. The Morgan fingerprint density at radius 1 is 0.854 bits per heavy atom. The maximum absolute atomic E-state index is 12.0. The Hall–Kier alpha value is -3.01. The standard InChI is InChI=1S/C26H42N2O13/c1-15(29)28-21-23(39-18(4)32)22(38-17(3)31)20(14-35-16(2)30)40-24(21)34-11-9-7-8-10-27-25(33)36-12-19-13-37-26(5,6)41-19/h19-24H,7-14H2,1-6H3,(H,27,33)(H,28,29)/t19-,20?,21-,22+,23-,24?/m1/s1. The van der Waals surface area contributed by atoms with Crippen LogP contribution in [0.5, 0.6) is 0 Å². The van der Waals surface area contributed by atoms with Gasteiger partial charge in [-0.2, -0.15) is 0 Å². The molecule has 2 amide bonds. The molecule has 15 heteroatoms. The van der Waals surface area contributed by atoms with Crippen LogP contribution in [0, 0.1) is 0 Å². The van der Waals surface area contributed by atoms with E-state index in [1.165, 1.54) is 20.8 Å². The van der Waals surface area contributed by atoms with Crippen LogP contribution in [0.15, 0.2) is 0 Å².